The van der Waals surface area contributed by atoms with Gasteiger partial charge in [-0.15, -0.1) is 0 Å². The van der Waals surface area contributed by atoms with E-state index in [2.05, 4.69) is 4.90 Å². The summed E-state index contributed by atoms with van der Waals surface area (Å²) in [4.78, 5) is 29.4. The fourth-order valence-electron chi connectivity index (χ4n) is 4.93. The third kappa shape index (κ3) is 2.91. The Kier molecular flexibility index (Phi) is 4.44. The van der Waals surface area contributed by atoms with Gasteiger partial charge in [0.05, 0.1) is 24.5 Å². The number of ether oxygens (including phenoxy) is 3. The topological polar surface area (TPSA) is 96.0 Å². The fourth-order valence-corrected chi connectivity index (χ4v) is 4.93. The van der Waals surface area contributed by atoms with Gasteiger partial charge in [-0.2, -0.15) is 0 Å². The van der Waals surface area contributed by atoms with Gasteiger partial charge < -0.3 is 24.5 Å². The number of nitrogens with zero attached hydrogens (tertiary/aromatic N) is 2. The standard InChI is InChI=1S/C24H23N3O5/c25-14-2-3-15-18(10-14)24(29)27(5-1-4-26-6-8-30-9-7-26)22-16-11-19-20(32-13-31-19)12-17(16)23(28)21(15)22/h2-3,10-12H,1,4-9,13,25H2. The number of benzene rings is 2. The molecule has 2 aliphatic heterocycles. The lowest BCUT2D eigenvalue weighted by molar-refractivity contribution is 0.0369. The molecule has 0 bridgehead atoms. The van der Waals surface area contributed by atoms with E-state index in [0.717, 1.165) is 44.8 Å². The second-order valence-electron chi connectivity index (χ2n) is 8.37. The highest BCUT2D eigenvalue weighted by Gasteiger charge is 2.35. The van der Waals surface area contributed by atoms with Crippen LogP contribution in [0.4, 0.5) is 5.69 Å². The maximum Gasteiger partial charge on any atom is 0.259 e. The van der Waals surface area contributed by atoms with Gasteiger partial charge in [0.15, 0.2) is 17.3 Å². The highest BCUT2D eigenvalue weighted by molar-refractivity contribution is 6.27. The first-order chi connectivity index (χ1) is 15.6. The molecule has 2 N–H and O–H groups in total. The summed E-state index contributed by atoms with van der Waals surface area (Å²) in [5.41, 5.74) is 8.81. The van der Waals surface area contributed by atoms with Gasteiger partial charge in [-0.3, -0.25) is 14.5 Å². The van der Waals surface area contributed by atoms with Gasteiger partial charge in [-0.25, -0.2) is 0 Å². The zero-order valence-corrected chi connectivity index (χ0v) is 17.6. The quantitative estimate of drug-likeness (QED) is 0.493. The van der Waals surface area contributed by atoms with Crippen LogP contribution < -0.4 is 20.8 Å². The average Bonchev–Trinajstić information content (AvgIpc) is 3.38. The van der Waals surface area contributed by atoms with Gasteiger partial charge >= 0.3 is 0 Å². The van der Waals surface area contributed by atoms with Gasteiger partial charge in [-0.05, 0) is 30.7 Å². The Balaban J connectivity index is 1.50. The summed E-state index contributed by atoms with van der Waals surface area (Å²) in [6.07, 6.45) is 0.786. The first-order valence-corrected chi connectivity index (χ1v) is 10.9. The number of carbonyl (C=O) groups excluding carboxylic acids is 1. The van der Waals surface area contributed by atoms with Crippen molar-refractivity contribution in [1.82, 2.24) is 9.47 Å². The third-order valence-corrected chi connectivity index (χ3v) is 6.49. The van der Waals surface area contributed by atoms with Crippen LogP contribution in [0.5, 0.6) is 11.5 Å². The van der Waals surface area contributed by atoms with Crippen LogP contribution in [-0.4, -0.2) is 54.9 Å². The number of hydrogen-bond donors (Lipinski definition) is 1. The molecular weight excluding hydrogens is 410 g/mol. The van der Waals surface area contributed by atoms with Gasteiger partial charge in [0.2, 0.25) is 6.79 Å². The van der Waals surface area contributed by atoms with E-state index in [0.29, 0.717) is 51.3 Å². The number of aromatic nitrogens is 1. The molecule has 8 heteroatoms. The summed E-state index contributed by atoms with van der Waals surface area (Å²) in [5.74, 6) is 1.04. The second kappa shape index (κ2) is 7.36. The molecule has 1 aromatic heterocycles. The van der Waals surface area contributed by atoms with Crippen molar-refractivity contribution in [2.24, 2.45) is 0 Å². The number of morpholine rings is 1. The Bertz CT molecular complexity index is 1320. The molecule has 3 heterocycles. The Morgan fingerprint density at radius 2 is 1.66 bits per heavy atom. The molecule has 8 nitrogen and oxygen atoms in total. The monoisotopic (exact) mass is 433 g/mol. The summed E-state index contributed by atoms with van der Waals surface area (Å²) < 4.78 is 18.2. The first kappa shape index (κ1) is 19.3. The van der Waals surface area contributed by atoms with Gasteiger partial charge in [0, 0.05) is 53.8 Å². The number of carbonyl (C=O) groups is 1. The third-order valence-electron chi connectivity index (χ3n) is 6.49. The number of fused-ring (bicyclic) bond motifs is 6. The van der Waals surface area contributed by atoms with Crippen molar-refractivity contribution in [3.63, 3.8) is 0 Å². The molecule has 0 unspecified atom stereocenters. The van der Waals surface area contributed by atoms with Crippen LogP contribution >= 0.6 is 0 Å². The Labute approximate surface area is 184 Å². The average molecular weight is 433 g/mol. The molecule has 2 aromatic carbocycles. The van der Waals surface area contributed by atoms with Crippen molar-refractivity contribution in [1.29, 1.82) is 0 Å². The molecule has 3 aromatic rings. The molecule has 1 aliphatic carbocycles. The van der Waals surface area contributed by atoms with E-state index in [9.17, 15) is 9.59 Å². The number of anilines is 1. The number of hydrogen-bond acceptors (Lipinski definition) is 7. The molecular formula is C24H23N3O5. The molecule has 32 heavy (non-hydrogen) atoms. The van der Waals surface area contributed by atoms with Crippen molar-refractivity contribution in [3.05, 3.63) is 51.8 Å². The van der Waals surface area contributed by atoms with E-state index in [1.807, 2.05) is 6.07 Å². The molecule has 0 saturated carbocycles. The minimum absolute atomic E-state index is 0.106. The lowest BCUT2D eigenvalue weighted by Gasteiger charge is -2.26. The summed E-state index contributed by atoms with van der Waals surface area (Å²) in [6.45, 7) is 4.76. The Morgan fingerprint density at radius 1 is 0.906 bits per heavy atom. The van der Waals surface area contributed by atoms with Crippen LogP contribution in [0.25, 0.3) is 22.0 Å². The predicted molar refractivity (Wildman–Crippen MR) is 119 cm³/mol. The van der Waals surface area contributed by atoms with Crippen molar-refractivity contribution in [2.45, 2.75) is 13.0 Å². The molecule has 164 valence electrons. The normalized spacial score (nSPS) is 17.1. The minimum Gasteiger partial charge on any atom is -0.454 e. The van der Waals surface area contributed by atoms with E-state index in [1.165, 1.54) is 0 Å². The molecule has 0 atom stereocenters. The highest BCUT2D eigenvalue weighted by Crippen LogP contribution is 2.45. The fraction of sp³-hybridized carbons (Fsp3) is 0.333. The summed E-state index contributed by atoms with van der Waals surface area (Å²) >= 11 is 0. The highest BCUT2D eigenvalue weighted by atomic mass is 16.7. The summed E-state index contributed by atoms with van der Waals surface area (Å²) in [5, 5.41) is 1.10. The molecule has 0 radical (unpaired) electrons. The van der Waals surface area contributed by atoms with E-state index < -0.39 is 0 Å². The number of pyridine rings is 1. The van der Waals surface area contributed by atoms with Crippen molar-refractivity contribution in [2.75, 3.05) is 45.4 Å². The van der Waals surface area contributed by atoms with Crippen molar-refractivity contribution >= 4 is 22.2 Å². The van der Waals surface area contributed by atoms with Crippen LogP contribution in [0.1, 0.15) is 22.3 Å². The summed E-state index contributed by atoms with van der Waals surface area (Å²) in [6, 6.07) is 8.72. The molecule has 1 saturated heterocycles. The lowest BCUT2D eigenvalue weighted by Crippen LogP contribution is -2.37. The van der Waals surface area contributed by atoms with Crippen LogP contribution in [0.2, 0.25) is 0 Å². The second-order valence-corrected chi connectivity index (χ2v) is 8.37. The smallest absolute Gasteiger partial charge is 0.259 e. The van der Waals surface area contributed by atoms with E-state index in [-0.39, 0.29) is 18.1 Å². The Morgan fingerprint density at radius 3 is 2.44 bits per heavy atom. The van der Waals surface area contributed by atoms with E-state index >= 15 is 0 Å². The number of nitrogen functional groups attached to an aromatic ring is 1. The number of nitrogens with two attached hydrogens (primary N) is 1. The molecule has 3 aliphatic rings. The zero-order valence-electron chi connectivity index (χ0n) is 17.6. The van der Waals surface area contributed by atoms with E-state index in [1.54, 1.807) is 28.8 Å². The van der Waals surface area contributed by atoms with Gasteiger partial charge in [0.1, 0.15) is 0 Å². The summed E-state index contributed by atoms with van der Waals surface area (Å²) in [7, 11) is 0. The predicted octanol–water partition coefficient (Wildman–Crippen LogP) is 2.25. The maximum absolute atomic E-state index is 13.6. The van der Waals surface area contributed by atoms with Crippen molar-refractivity contribution < 1.29 is 19.0 Å². The molecule has 0 spiro atoms. The molecule has 6 rings (SSSR count). The molecule has 1 fully saturated rings. The molecule has 0 amide bonds. The van der Waals surface area contributed by atoms with Gasteiger partial charge in [0.25, 0.3) is 5.56 Å². The SMILES string of the molecule is Nc1ccc2c3c(n(CCCN4CCOCC4)c(=O)c2c1)-c1cc2c(cc1C3=O)OCO2. The zero-order chi connectivity index (χ0) is 21.8. The van der Waals surface area contributed by atoms with Gasteiger partial charge in [-0.1, -0.05) is 6.07 Å². The number of rotatable bonds is 4. The van der Waals surface area contributed by atoms with E-state index in [4.69, 9.17) is 19.9 Å². The minimum atomic E-state index is -0.133. The lowest BCUT2D eigenvalue weighted by atomic mass is 10.0. The Hall–Kier alpha value is -3.36. The number of ketones is 1. The van der Waals surface area contributed by atoms with Crippen molar-refractivity contribution in [3.8, 4) is 22.8 Å². The van der Waals surface area contributed by atoms with Crippen LogP contribution in [0, 0.1) is 0 Å². The first-order valence-electron chi connectivity index (χ1n) is 10.9. The van der Waals surface area contributed by atoms with Crippen LogP contribution in [0.3, 0.4) is 0 Å². The van der Waals surface area contributed by atoms with Crippen LogP contribution in [-0.2, 0) is 11.3 Å². The van der Waals surface area contributed by atoms with Crippen LogP contribution in [0.15, 0.2) is 35.1 Å². The maximum atomic E-state index is 13.6. The largest absolute Gasteiger partial charge is 0.454 e.